The average Bonchev–Trinajstić information content (AvgIpc) is 2.91. The lowest BCUT2D eigenvalue weighted by molar-refractivity contribution is -0.121. The molecule has 0 unspecified atom stereocenters. The summed E-state index contributed by atoms with van der Waals surface area (Å²) in [5, 5.41) is 6.32. The van der Waals surface area contributed by atoms with E-state index in [0.29, 0.717) is 23.0 Å². The van der Waals surface area contributed by atoms with E-state index in [1.807, 2.05) is 12.1 Å². The number of anilines is 2. The summed E-state index contributed by atoms with van der Waals surface area (Å²) in [6.45, 7) is 2.01. The van der Waals surface area contributed by atoms with Crippen LogP contribution in [-0.2, 0) is 9.59 Å². The fourth-order valence-electron chi connectivity index (χ4n) is 2.24. The lowest BCUT2D eigenvalue weighted by Crippen LogP contribution is -2.40. The Morgan fingerprint density at radius 3 is 3.00 bits per heavy atom. The summed E-state index contributed by atoms with van der Waals surface area (Å²) >= 11 is 0. The van der Waals surface area contributed by atoms with Gasteiger partial charge in [-0.25, -0.2) is 0 Å². The molecule has 0 saturated heterocycles. The Labute approximate surface area is 126 Å². The van der Waals surface area contributed by atoms with Crippen molar-refractivity contribution in [1.29, 1.82) is 0 Å². The SMILES string of the molecule is Cc1cc(NC(=O)CCN2C(=O)COc3ccccc32)no1. The van der Waals surface area contributed by atoms with Crippen molar-refractivity contribution in [3.63, 3.8) is 0 Å². The third kappa shape index (κ3) is 2.93. The molecule has 0 bridgehead atoms. The van der Waals surface area contributed by atoms with Gasteiger partial charge in [0.05, 0.1) is 5.69 Å². The van der Waals surface area contributed by atoms with Gasteiger partial charge in [0.1, 0.15) is 11.5 Å². The summed E-state index contributed by atoms with van der Waals surface area (Å²) in [5.41, 5.74) is 0.684. The standard InChI is InChI=1S/C15H15N3O4/c1-10-8-13(17-22-10)16-14(19)6-7-18-11-4-2-3-5-12(11)21-9-15(18)20/h2-5,8H,6-7,9H2,1H3,(H,16,17,19). The Bertz CT molecular complexity index is 710. The number of amides is 2. The van der Waals surface area contributed by atoms with Crippen molar-refractivity contribution in [2.45, 2.75) is 13.3 Å². The van der Waals surface area contributed by atoms with Crippen LogP contribution in [0, 0.1) is 6.92 Å². The summed E-state index contributed by atoms with van der Waals surface area (Å²) < 4.78 is 10.2. The number of hydrogen-bond acceptors (Lipinski definition) is 5. The molecule has 7 heteroatoms. The van der Waals surface area contributed by atoms with Crippen LogP contribution >= 0.6 is 0 Å². The van der Waals surface area contributed by atoms with Crippen LogP contribution in [0.1, 0.15) is 12.2 Å². The van der Waals surface area contributed by atoms with E-state index in [9.17, 15) is 9.59 Å². The molecular weight excluding hydrogens is 286 g/mol. The number of benzene rings is 1. The van der Waals surface area contributed by atoms with Crippen LogP contribution in [0.25, 0.3) is 0 Å². The number of aryl methyl sites for hydroxylation is 1. The first-order valence-electron chi connectivity index (χ1n) is 6.89. The van der Waals surface area contributed by atoms with Gasteiger partial charge in [-0.2, -0.15) is 0 Å². The zero-order valence-corrected chi connectivity index (χ0v) is 12.0. The molecule has 1 aromatic carbocycles. The monoisotopic (exact) mass is 301 g/mol. The lowest BCUT2D eigenvalue weighted by Gasteiger charge is -2.29. The zero-order chi connectivity index (χ0) is 15.5. The van der Waals surface area contributed by atoms with E-state index in [-0.39, 0.29) is 31.4 Å². The molecule has 22 heavy (non-hydrogen) atoms. The highest BCUT2D eigenvalue weighted by Gasteiger charge is 2.25. The van der Waals surface area contributed by atoms with Crippen LogP contribution in [-0.4, -0.2) is 30.1 Å². The molecule has 0 atom stereocenters. The minimum atomic E-state index is -0.231. The van der Waals surface area contributed by atoms with Crippen LogP contribution in [0.15, 0.2) is 34.9 Å². The number of para-hydroxylation sites is 2. The molecule has 1 aliphatic heterocycles. The van der Waals surface area contributed by atoms with Crippen LogP contribution in [0.2, 0.25) is 0 Å². The maximum absolute atomic E-state index is 12.0. The molecule has 114 valence electrons. The van der Waals surface area contributed by atoms with Gasteiger partial charge >= 0.3 is 0 Å². The van der Waals surface area contributed by atoms with E-state index >= 15 is 0 Å². The van der Waals surface area contributed by atoms with Crippen LogP contribution in [0.3, 0.4) is 0 Å². The van der Waals surface area contributed by atoms with Gasteiger partial charge in [0, 0.05) is 19.0 Å². The molecule has 3 rings (SSSR count). The number of carbonyl (C=O) groups is 2. The van der Waals surface area contributed by atoms with Gasteiger partial charge < -0.3 is 19.5 Å². The summed E-state index contributed by atoms with van der Waals surface area (Å²) in [7, 11) is 0. The van der Waals surface area contributed by atoms with Crippen molar-refractivity contribution in [1.82, 2.24) is 5.16 Å². The molecule has 0 aliphatic carbocycles. The Balaban J connectivity index is 1.63. The van der Waals surface area contributed by atoms with Crippen LogP contribution in [0.4, 0.5) is 11.5 Å². The molecule has 2 amide bonds. The smallest absolute Gasteiger partial charge is 0.265 e. The minimum absolute atomic E-state index is 0.0128. The number of carbonyl (C=O) groups excluding carboxylic acids is 2. The molecule has 0 saturated carbocycles. The van der Waals surface area contributed by atoms with Crippen molar-refractivity contribution in [3.05, 3.63) is 36.1 Å². The number of hydrogen-bond donors (Lipinski definition) is 1. The number of nitrogens with one attached hydrogen (secondary N) is 1. The number of fused-ring (bicyclic) bond motifs is 1. The van der Waals surface area contributed by atoms with Crippen molar-refractivity contribution < 1.29 is 18.8 Å². The van der Waals surface area contributed by atoms with Crippen LogP contribution < -0.4 is 15.0 Å². The maximum Gasteiger partial charge on any atom is 0.265 e. The summed E-state index contributed by atoms with van der Waals surface area (Å²) in [6.07, 6.45) is 0.159. The predicted octanol–water partition coefficient (Wildman–Crippen LogP) is 1.74. The Kier molecular flexibility index (Phi) is 3.78. The molecule has 1 aromatic heterocycles. The molecule has 2 aromatic rings. The van der Waals surface area contributed by atoms with E-state index in [1.54, 1.807) is 30.0 Å². The first kappa shape index (κ1) is 14.1. The van der Waals surface area contributed by atoms with Gasteiger partial charge in [-0.05, 0) is 19.1 Å². The highest BCUT2D eigenvalue weighted by Crippen LogP contribution is 2.31. The van der Waals surface area contributed by atoms with E-state index < -0.39 is 0 Å². The van der Waals surface area contributed by atoms with Gasteiger partial charge in [0.2, 0.25) is 5.91 Å². The summed E-state index contributed by atoms with van der Waals surface area (Å²) in [4.78, 5) is 25.5. The second-order valence-corrected chi connectivity index (χ2v) is 4.92. The molecule has 1 aliphatic rings. The molecule has 1 N–H and O–H groups in total. The Morgan fingerprint density at radius 2 is 2.23 bits per heavy atom. The van der Waals surface area contributed by atoms with Gasteiger partial charge in [-0.15, -0.1) is 0 Å². The van der Waals surface area contributed by atoms with Gasteiger partial charge in [0.25, 0.3) is 5.91 Å². The van der Waals surface area contributed by atoms with Crippen molar-refractivity contribution in [2.24, 2.45) is 0 Å². The predicted molar refractivity (Wildman–Crippen MR) is 78.8 cm³/mol. The minimum Gasteiger partial charge on any atom is -0.482 e. The van der Waals surface area contributed by atoms with Gasteiger partial charge in [0.15, 0.2) is 12.4 Å². The largest absolute Gasteiger partial charge is 0.482 e. The van der Waals surface area contributed by atoms with Crippen molar-refractivity contribution in [2.75, 3.05) is 23.4 Å². The third-order valence-electron chi connectivity index (χ3n) is 3.27. The highest BCUT2D eigenvalue weighted by atomic mass is 16.5. The molecule has 2 heterocycles. The van der Waals surface area contributed by atoms with Crippen molar-refractivity contribution in [3.8, 4) is 5.75 Å². The van der Waals surface area contributed by atoms with Crippen molar-refractivity contribution >= 4 is 23.3 Å². The third-order valence-corrected chi connectivity index (χ3v) is 3.27. The normalized spacial score (nSPS) is 13.5. The zero-order valence-electron chi connectivity index (χ0n) is 12.0. The van der Waals surface area contributed by atoms with Crippen LogP contribution in [0.5, 0.6) is 5.75 Å². The lowest BCUT2D eigenvalue weighted by atomic mass is 10.2. The van der Waals surface area contributed by atoms with E-state index in [1.165, 1.54) is 0 Å². The van der Waals surface area contributed by atoms with E-state index in [0.717, 1.165) is 0 Å². The highest BCUT2D eigenvalue weighted by molar-refractivity contribution is 5.99. The second kappa shape index (κ2) is 5.88. The fourth-order valence-corrected chi connectivity index (χ4v) is 2.24. The molecule has 7 nitrogen and oxygen atoms in total. The quantitative estimate of drug-likeness (QED) is 0.929. The number of ether oxygens (including phenoxy) is 1. The Hall–Kier alpha value is -2.83. The van der Waals surface area contributed by atoms with E-state index in [4.69, 9.17) is 9.26 Å². The Morgan fingerprint density at radius 1 is 1.41 bits per heavy atom. The molecule has 0 radical (unpaired) electrons. The topological polar surface area (TPSA) is 84.7 Å². The number of nitrogens with zero attached hydrogens (tertiary/aromatic N) is 2. The number of rotatable bonds is 4. The summed E-state index contributed by atoms with van der Waals surface area (Å²) in [6, 6.07) is 8.89. The molecule has 0 fully saturated rings. The first-order chi connectivity index (χ1) is 10.6. The van der Waals surface area contributed by atoms with E-state index in [2.05, 4.69) is 10.5 Å². The second-order valence-electron chi connectivity index (χ2n) is 4.92. The molecule has 0 spiro atoms. The average molecular weight is 301 g/mol. The fraction of sp³-hybridized carbons (Fsp3) is 0.267. The van der Waals surface area contributed by atoms with Gasteiger partial charge in [-0.1, -0.05) is 17.3 Å². The van der Waals surface area contributed by atoms with Gasteiger partial charge in [-0.3, -0.25) is 9.59 Å². The first-order valence-corrected chi connectivity index (χ1v) is 6.89. The molecular formula is C15H15N3O4. The maximum atomic E-state index is 12.0. The summed E-state index contributed by atoms with van der Waals surface area (Å²) in [5.74, 6) is 1.24. The number of aromatic nitrogens is 1.